The Morgan fingerprint density at radius 3 is 2.67 bits per heavy atom. The van der Waals surface area contributed by atoms with E-state index in [2.05, 4.69) is 0 Å². The van der Waals surface area contributed by atoms with Gasteiger partial charge in [0.1, 0.15) is 5.78 Å². The van der Waals surface area contributed by atoms with Crippen LogP contribution in [-0.2, 0) is 11.2 Å². The molecule has 2 saturated carbocycles. The minimum Gasteiger partial charge on any atom is -0.299 e. The maximum Gasteiger partial charge on any atom is 0.141 e. The van der Waals surface area contributed by atoms with Crippen molar-refractivity contribution in [3.05, 3.63) is 21.3 Å². The van der Waals surface area contributed by atoms with Gasteiger partial charge in [-0.05, 0) is 43.2 Å². The van der Waals surface area contributed by atoms with Crippen molar-refractivity contribution >= 4 is 28.7 Å². The van der Waals surface area contributed by atoms with E-state index in [1.807, 2.05) is 12.1 Å². The third kappa shape index (κ3) is 1.98. The molecule has 1 aromatic rings. The Bertz CT molecular complexity index is 388. The van der Waals surface area contributed by atoms with Gasteiger partial charge < -0.3 is 0 Å². The highest BCUT2D eigenvalue weighted by Crippen LogP contribution is 2.54. The molecule has 3 rings (SSSR count). The fraction of sp³-hybridized carbons (Fsp3) is 0.583. The summed E-state index contributed by atoms with van der Waals surface area (Å²) in [5.41, 5.74) is 0. The molecule has 2 fully saturated rings. The summed E-state index contributed by atoms with van der Waals surface area (Å²) in [5, 5.41) is 0. The van der Waals surface area contributed by atoms with E-state index in [0.29, 0.717) is 18.1 Å². The molecule has 0 spiro atoms. The number of hydrogen-bond acceptors (Lipinski definition) is 2. The van der Waals surface area contributed by atoms with E-state index in [4.69, 9.17) is 11.6 Å². The fourth-order valence-electron chi connectivity index (χ4n) is 2.74. The maximum absolute atomic E-state index is 12.0. The molecular weight excluding hydrogens is 228 g/mol. The topological polar surface area (TPSA) is 17.1 Å². The van der Waals surface area contributed by atoms with Gasteiger partial charge in [-0.2, -0.15) is 0 Å². The zero-order chi connectivity index (χ0) is 10.4. The molecule has 2 aliphatic carbocycles. The monoisotopic (exact) mass is 240 g/mol. The SMILES string of the molecule is O=C(Cc1ccc(Cl)s1)C1CC2CC2C1. The number of carbonyl (C=O) groups is 1. The highest BCUT2D eigenvalue weighted by molar-refractivity contribution is 7.16. The number of Topliss-reactive ketones (excluding diaryl/α,β-unsaturated/α-hetero) is 1. The van der Waals surface area contributed by atoms with Gasteiger partial charge in [0, 0.05) is 17.2 Å². The summed E-state index contributed by atoms with van der Waals surface area (Å²) in [4.78, 5) is 13.1. The quantitative estimate of drug-likeness (QED) is 0.790. The van der Waals surface area contributed by atoms with Crippen LogP contribution in [0, 0.1) is 17.8 Å². The largest absolute Gasteiger partial charge is 0.299 e. The molecule has 1 nitrogen and oxygen atoms in total. The molecule has 0 aliphatic heterocycles. The Balaban J connectivity index is 1.61. The van der Waals surface area contributed by atoms with E-state index in [0.717, 1.165) is 33.9 Å². The maximum atomic E-state index is 12.0. The van der Waals surface area contributed by atoms with E-state index < -0.39 is 0 Å². The lowest BCUT2D eigenvalue weighted by Crippen LogP contribution is -2.14. The van der Waals surface area contributed by atoms with Gasteiger partial charge in [-0.25, -0.2) is 0 Å². The Labute approximate surface area is 98.4 Å². The molecule has 0 bridgehead atoms. The van der Waals surface area contributed by atoms with Crippen LogP contribution in [0.5, 0.6) is 0 Å². The molecule has 2 aliphatic rings. The standard InChI is InChI=1S/C12H13ClOS/c13-12-2-1-10(15-12)6-11(14)9-4-7-3-8(7)5-9/h1-2,7-9H,3-6H2. The van der Waals surface area contributed by atoms with E-state index in [9.17, 15) is 4.79 Å². The van der Waals surface area contributed by atoms with Crippen LogP contribution in [0.25, 0.3) is 0 Å². The highest BCUT2D eigenvalue weighted by atomic mass is 35.5. The van der Waals surface area contributed by atoms with Gasteiger partial charge in [0.05, 0.1) is 4.34 Å². The molecule has 1 aromatic heterocycles. The highest BCUT2D eigenvalue weighted by Gasteiger charge is 2.47. The third-order valence-electron chi connectivity index (χ3n) is 3.68. The van der Waals surface area contributed by atoms with Gasteiger partial charge in [-0.3, -0.25) is 4.79 Å². The molecule has 3 heteroatoms. The number of carbonyl (C=O) groups excluding carboxylic acids is 1. The van der Waals surface area contributed by atoms with Crippen molar-refractivity contribution in [1.29, 1.82) is 0 Å². The number of rotatable bonds is 3. The second-order valence-electron chi connectivity index (χ2n) is 4.77. The molecule has 0 radical (unpaired) electrons. The normalized spacial score (nSPS) is 32.7. The van der Waals surface area contributed by atoms with Crippen LogP contribution in [0.3, 0.4) is 0 Å². The van der Waals surface area contributed by atoms with Crippen molar-refractivity contribution in [1.82, 2.24) is 0 Å². The van der Waals surface area contributed by atoms with Crippen LogP contribution < -0.4 is 0 Å². The molecular formula is C12H13ClOS. The van der Waals surface area contributed by atoms with E-state index in [1.54, 1.807) is 0 Å². The van der Waals surface area contributed by atoms with E-state index in [-0.39, 0.29) is 0 Å². The zero-order valence-electron chi connectivity index (χ0n) is 8.41. The predicted molar refractivity (Wildman–Crippen MR) is 62.4 cm³/mol. The van der Waals surface area contributed by atoms with Gasteiger partial charge in [-0.1, -0.05) is 11.6 Å². The van der Waals surface area contributed by atoms with Crippen molar-refractivity contribution in [2.45, 2.75) is 25.7 Å². The molecule has 2 unspecified atom stereocenters. The predicted octanol–water partition coefficient (Wildman–Crippen LogP) is 3.56. The lowest BCUT2D eigenvalue weighted by molar-refractivity contribution is -0.122. The summed E-state index contributed by atoms with van der Waals surface area (Å²) in [5.74, 6) is 2.58. The Hall–Kier alpha value is -0.340. The lowest BCUT2D eigenvalue weighted by atomic mass is 9.96. The molecule has 15 heavy (non-hydrogen) atoms. The Morgan fingerprint density at radius 1 is 1.33 bits per heavy atom. The molecule has 0 saturated heterocycles. The minimum absolute atomic E-state index is 0.356. The molecule has 0 N–H and O–H groups in total. The van der Waals surface area contributed by atoms with Crippen LogP contribution in [0.4, 0.5) is 0 Å². The first-order valence-corrected chi connectivity index (χ1v) is 6.69. The molecule has 1 heterocycles. The van der Waals surface area contributed by atoms with E-state index >= 15 is 0 Å². The summed E-state index contributed by atoms with van der Waals surface area (Å²) in [6.45, 7) is 0. The summed E-state index contributed by atoms with van der Waals surface area (Å²) < 4.78 is 0.784. The molecule has 2 atom stereocenters. The number of fused-ring (bicyclic) bond motifs is 1. The van der Waals surface area contributed by atoms with Crippen molar-refractivity contribution in [3.63, 3.8) is 0 Å². The fourth-order valence-corrected chi connectivity index (χ4v) is 3.84. The number of ketones is 1. The van der Waals surface area contributed by atoms with Crippen LogP contribution in [0.15, 0.2) is 12.1 Å². The number of halogens is 1. The van der Waals surface area contributed by atoms with Crippen LogP contribution in [-0.4, -0.2) is 5.78 Å². The molecule has 80 valence electrons. The smallest absolute Gasteiger partial charge is 0.141 e. The van der Waals surface area contributed by atoms with Crippen LogP contribution in [0.1, 0.15) is 24.1 Å². The number of hydrogen-bond donors (Lipinski definition) is 0. The summed E-state index contributed by atoms with van der Waals surface area (Å²) in [7, 11) is 0. The van der Waals surface area contributed by atoms with Crippen LogP contribution in [0.2, 0.25) is 4.34 Å². The lowest BCUT2D eigenvalue weighted by Gasteiger charge is -2.08. The second-order valence-corrected chi connectivity index (χ2v) is 6.57. The van der Waals surface area contributed by atoms with Crippen molar-refractivity contribution in [2.75, 3.05) is 0 Å². The summed E-state index contributed by atoms with van der Waals surface area (Å²) in [6, 6.07) is 3.85. The van der Waals surface area contributed by atoms with Gasteiger partial charge >= 0.3 is 0 Å². The molecule has 0 aromatic carbocycles. The average molecular weight is 241 g/mol. The molecule has 0 amide bonds. The first-order chi connectivity index (χ1) is 7.22. The Kier molecular flexibility index (Phi) is 2.37. The number of thiophene rings is 1. The first kappa shape index (κ1) is 9.86. The van der Waals surface area contributed by atoms with Gasteiger partial charge in [0.2, 0.25) is 0 Å². The summed E-state index contributed by atoms with van der Waals surface area (Å²) in [6.07, 6.45) is 4.29. The third-order valence-corrected chi connectivity index (χ3v) is 4.91. The van der Waals surface area contributed by atoms with Gasteiger partial charge in [0.15, 0.2) is 0 Å². The van der Waals surface area contributed by atoms with Crippen LogP contribution >= 0.6 is 22.9 Å². The van der Waals surface area contributed by atoms with Gasteiger partial charge in [0.25, 0.3) is 0 Å². The first-order valence-electron chi connectivity index (χ1n) is 5.49. The Morgan fingerprint density at radius 2 is 2.07 bits per heavy atom. The van der Waals surface area contributed by atoms with E-state index in [1.165, 1.54) is 17.8 Å². The van der Waals surface area contributed by atoms with Crippen molar-refractivity contribution < 1.29 is 4.79 Å². The average Bonchev–Trinajstić information content (AvgIpc) is 2.61. The van der Waals surface area contributed by atoms with Gasteiger partial charge in [-0.15, -0.1) is 11.3 Å². The minimum atomic E-state index is 0.356. The van der Waals surface area contributed by atoms with Crippen molar-refractivity contribution in [3.8, 4) is 0 Å². The second kappa shape index (κ2) is 3.60. The zero-order valence-corrected chi connectivity index (χ0v) is 9.98. The van der Waals surface area contributed by atoms with Crippen molar-refractivity contribution in [2.24, 2.45) is 17.8 Å². The summed E-state index contributed by atoms with van der Waals surface area (Å²) >= 11 is 7.37.